The Morgan fingerprint density at radius 3 is 2.00 bits per heavy atom. The Morgan fingerprint density at radius 2 is 1.50 bits per heavy atom. The summed E-state index contributed by atoms with van der Waals surface area (Å²) in [5, 5.41) is 3.12. The Labute approximate surface area is 176 Å². The minimum atomic E-state index is -0.371. The maximum absolute atomic E-state index is 13.0. The molecule has 7 heteroatoms. The first-order valence-corrected chi connectivity index (χ1v) is 9.61. The Bertz CT molecular complexity index is 1020. The lowest BCUT2D eigenvalue weighted by Crippen LogP contribution is -2.32. The van der Waals surface area contributed by atoms with E-state index in [0.29, 0.717) is 34.1 Å². The van der Waals surface area contributed by atoms with Crippen molar-refractivity contribution in [2.45, 2.75) is 20.8 Å². The van der Waals surface area contributed by atoms with Gasteiger partial charge in [0.1, 0.15) is 5.70 Å². The summed E-state index contributed by atoms with van der Waals surface area (Å²) in [5.74, 6) is 0.636. The third kappa shape index (κ3) is 3.58. The fraction of sp³-hybridized carbons (Fsp3) is 0.304. The van der Waals surface area contributed by atoms with Crippen molar-refractivity contribution in [3.63, 3.8) is 0 Å². The molecule has 1 aliphatic heterocycles. The van der Waals surface area contributed by atoms with Gasteiger partial charge in [0.2, 0.25) is 5.75 Å². The van der Waals surface area contributed by atoms with Crippen molar-refractivity contribution in [3.8, 4) is 17.2 Å². The van der Waals surface area contributed by atoms with Crippen molar-refractivity contribution < 1.29 is 23.8 Å². The van der Waals surface area contributed by atoms with Crippen molar-refractivity contribution in [2.24, 2.45) is 0 Å². The van der Waals surface area contributed by atoms with Crippen molar-refractivity contribution in [3.05, 3.63) is 52.7 Å². The fourth-order valence-electron chi connectivity index (χ4n) is 3.44. The Balaban J connectivity index is 2.14. The standard InChI is InChI=1S/C23H26N2O5/c1-7-25-22(26)19(15-9-8-13(2)14(3)10-15)20(23(25)27)24-16-11-17(28-4)21(30-6)18(12-16)29-5/h8-12,24H,7H2,1-6H3. The normalized spacial score (nSPS) is 13.7. The number of carbonyl (C=O) groups is 2. The average molecular weight is 410 g/mol. The van der Waals surface area contributed by atoms with Crippen LogP contribution in [0.5, 0.6) is 17.2 Å². The van der Waals surface area contributed by atoms with Crippen molar-refractivity contribution >= 4 is 23.1 Å². The molecule has 1 heterocycles. The molecule has 0 radical (unpaired) electrons. The number of carbonyl (C=O) groups excluding carboxylic acids is 2. The highest BCUT2D eigenvalue weighted by atomic mass is 16.5. The van der Waals surface area contributed by atoms with Gasteiger partial charge >= 0.3 is 0 Å². The summed E-state index contributed by atoms with van der Waals surface area (Å²) in [5.41, 5.74) is 3.96. The Hall–Kier alpha value is -3.48. The molecule has 0 atom stereocenters. The van der Waals surface area contributed by atoms with Crippen LogP contribution in [-0.2, 0) is 9.59 Å². The van der Waals surface area contributed by atoms with Gasteiger partial charge in [-0.3, -0.25) is 14.5 Å². The summed E-state index contributed by atoms with van der Waals surface area (Å²) in [6.45, 7) is 6.04. The molecule has 7 nitrogen and oxygen atoms in total. The molecule has 1 N–H and O–H groups in total. The lowest BCUT2D eigenvalue weighted by atomic mass is 9.99. The van der Waals surface area contributed by atoms with Gasteiger partial charge in [-0.05, 0) is 37.5 Å². The molecule has 0 unspecified atom stereocenters. The number of likely N-dealkylation sites (N-methyl/N-ethyl adjacent to an activating group) is 1. The molecule has 0 saturated heterocycles. The van der Waals surface area contributed by atoms with Crippen molar-refractivity contribution in [2.75, 3.05) is 33.2 Å². The molecule has 1 aliphatic rings. The maximum Gasteiger partial charge on any atom is 0.278 e. The summed E-state index contributed by atoms with van der Waals surface area (Å²) in [6, 6.07) is 9.11. The molecule has 0 aromatic heterocycles. The van der Waals surface area contributed by atoms with Crippen LogP contribution in [-0.4, -0.2) is 44.6 Å². The number of anilines is 1. The first-order valence-electron chi connectivity index (χ1n) is 9.61. The number of hydrogen-bond donors (Lipinski definition) is 1. The average Bonchev–Trinajstić information content (AvgIpc) is 2.98. The minimum absolute atomic E-state index is 0.222. The largest absolute Gasteiger partial charge is 0.493 e. The lowest BCUT2D eigenvalue weighted by Gasteiger charge is -2.16. The van der Waals surface area contributed by atoms with E-state index in [0.717, 1.165) is 11.1 Å². The van der Waals surface area contributed by atoms with E-state index >= 15 is 0 Å². The molecule has 2 amide bonds. The highest BCUT2D eigenvalue weighted by Gasteiger charge is 2.38. The molecule has 0 saturated carbocycles. The predicted molar refractivity (Wildman–Crippen MR) is 115 cm³/mol. The molecule has 158 valence electrons. The van der Waals surface area contributed by atoms with Gasteiger partial charge in [0.25, 0.3) is 11.8 Å². The van der Waals surface area contributed by atoms with Crippen LogP contribution >= 0.6 is 0 Å². The van der Waals surface area contributed by atoms with Crippen molar-refractivity contribution in [1.29, 1.82) is 0 Å². The second-order valence-corrected chi connectivity index (χ2v) is 6.94. The van der Waals surface area contributed by atoms with Gasteiger partial charge in [0.15, 0.2) is 11.5 Å². The number of benzene rings is 2. The van der Waals surface area contributed by atoms with Gasteiger partial charge in [0, 0.05) is 24.4 Å². The quantitative estimate of drug-likeness (QED) is 0.704. The van der Waals surface area contributed by atoms with E-state index in [9.17, 15) is 9.59 Å². The van der Waals surface area contributed by atoms with Crippen molar-refractivity contribution in [1.82, 2.24) is 4.90 Å². The first-order chi connectivity index (χ1) is 14.4. The van der Waals surface area contributed by atoms with E-state index in [1.165, 1.54) is 26.2 Å². The molecule has 2 aromatic rings. The van der Waals surface area contributed by atoms with Crippen LogP contribution in [0.2, 0.25) is 0 Å². The zero-order valence-corrected chi connectivity index (χ0v) is 18.1. The monoisotopic (exact) mass is 410 g/mol. The van der Waals surface area contributed by atoms with E-state index in [2.05, 4.69) is 5.32 Å². The van der Waals surface area contributed by atoms with Gasteiger partial charge in [0.05, 0.1) is 26.9 Å². The summed E-state index contributed by atoms with van der Waals surface area (Å²) >= 11 is 0. The van der Waals surface area contributed by atoms with Gasteiger partial charge in [-0.1, -0.05) is 18.2 Å². The summed E-state index contributed by atoms with van der Waals surface area (Å²) in [6.07, 6.45) is 0. The molecule has 30 heavy (non-hydrogen) atoms. The van der Waals surface area contributed by atoms with Crippen LogP contribution in [0.4, 0.5) is 5.69 Å². The van der Waals surface area contributed by atoms with Crippen LogP contribution in [0, 0.1) is 13.8 Å². The third-order valence-electron chi connectivity index (χ3n) is 5.21. The van der Waals surface area contributed by atoms with Crippen LogP contribution in [0.1, 0.15) is 23.6 Å². The van der Waals surface area contributed by atoms with E-state index in [4.69, 9.17) is 14.2 Å². The zero-order valence-electron chi connectivity index (χ0n) is 18.1. The van der Waals surface area contributed by atoms with E-state index in [-0.39, 0.29) is 24.1 Å². The number of rotatable bonds is 7. The number of nitrogens with zero attached hydrogens (tertiary/aromatic N) is 1. The molecule has 0 spiro atoms. The topological polar surface area (TPSA) is 77.1 Å². The number of ether oxygens (including phenoxy) is 3. The molecule has 2 aromatic carbocycles. The van der Waals surface area contributed by atoms with Crippen LogP contribution in [0.3, 0.4) is 0 Å². The summed E-state index contributed by atoms with van der Waals surface area (Å²) in [4.78, 5) is 27.3. The Morgan fingerprint density at radius 1 is 0.867 bits per heavy atom. The number of imide groups is 1. The molecule has 0 fully saturated rings. The highest BCUT2D eigenvalue weighted by Crippen LogP contribution is 2.41. The lowest BCUT2D eigenvalue weighted by molar-refractivity contribution is -0.136. The zero-order chi connectivity index (χ0) is 22.0. The SMILES string of the molecule is CCN1C(=O)C(Nc2cc(OC)c(OC)c(OC)c2)=C(c2ccc(C)c(C)c2)C1=O. The number of hydrogen-bond acceptors (Lipinski definition) is 6. The highest BCUT2D eigenvalue weighted by molar-refractivity contribution is 6.36. The number of amides is 2. The summed E-state index contributed by atoms with van der Waals surface area (Å²) in [7, 11) is 4.56. The molecule has 0 bridgehead atoms. The van der Waals surface area contributed by atoms with E-state index in [1.54, 1.807) is 19.1 Å². The van der Waals surface area contributed by atoms with E-state index < -0.39 is 0 Å². The van der Waals surface area contributed by atoms with Crippen LogP contribution in [0.15, 0.2) is 36.0 Å². The first kappa shape index (κ1) is 21.2. The minimum Gasteiger partial charge on any atom is -0.493 e. The second-order valence-electron chi connectivity index (χ2n) is 6.94. The molecule has 3 rings (SSSR count). The Kier molecular flexibility index (Phi) is 6.01. The number of methoxy groups -OCH3 is 3. The maximum atomic E-state index is 13.0. The van der Waals surface area contributed by atoms with E-state index in [1.807, 2.05) is 32.0 Å². The van der Waals surface area contributed by atoms with Gasteiger partial charge in [-0.25, -0.2) is 0 Å². The number of aryl methyl sites for hydroxylation is 2. The van der Waals surface area contributed by atoms with Gasteiger partial charge in [-0.15, -0.1) is 0 Å². The van der Waals surface area contributed by atoms with Crippen LogP contribution < -0.4 is 19.5 Å². The fourth-order valence-corrected chi connectivity index (χ4v) is 3.44. The van der Waals surface area contributed by atoms with Crippen LogP contribution in [0.25, 0.3) is 5.57 Å². The second kappa shape index (κ2) is 8.49. The van der Waals surface area contributed by atoms with Gasteiger partial charge < -0.3 is 19.5 Å². The molecular weight excluding hydrogens is 384 g/mol. The molecular formula is C23H26N2O5. The molecule has 0 aliphatic carbocycles. The summed E-state index contributed by atoms with van der Waals surface area (Å²) < 4.78 is 16.1. The predicted octanol–water partition coefficient (Wildman–Crippen LogP) is 3.54. The smallest absolute Gasteiger partial charge is 0.278 e. The van der Waals surface area contributed by atoms with Gasteiger partial charge in [-0.2, -0.15) is 0 Å². The number of nitrogens with one attached hydrogen (secondary N) is 1. The third-order valence-corrected chi connectivity index (χ3v) is 5.21.